The summed E-state index contributed by atoms with van der Waals surface area (Å²) in [5.74, 6) is 1.27. The van der Waals surface area contributed by atoms with Crippen molar-refractivity contribution in [1.29, 1.82) is 0 Å². The predicted molar refractivity (Wildman–Crippen MR) is 103 cm³/mol. The summed E-state index contributed by atoms with van der Waals surface area (Å²) in [6.45, 7) is 5.79. The second-order valence-electron chi connectivity index (χ2n) is 5.87. The Morgan fingerprint density at radius 1 is 1.08 bits per heavy atom. The molecule has 134 valence electrons. The zero-order valence-electron chi connectivity index (χ0n) is 15.3. The molecule has 0 bridgehead atoms. The van der Waals surface area contributed by atoms with Crippen molar-refractivity contribution < 1.29 is 4.79 Å². The highest BCUT2D eigenvalue weighted by Crippen LogP contribution is 2.12. The number of aryl methyl sites for hydroxylation is 1. The Bertz CT molecular complexity index is 699. The zero-order valence-corrected chi connectivity index (χ0v) is 15.3. The summed E-state index contributed by atoms with van der Waals surface area (Å²) < 4.78 is 0. The van der Waals surface area contributed by atoms with Crippen LogP contribution in [0.1, 0.15) is 23.0 Å². The monoisotopic (exact) mass is 342 g/mol. The summed E-state index contributed by atoms with van der Waals surface area (Å²) >= 11 is 0. The number of nitrogens with zero attached hydrogens (tertiary/aromatic N) is 3. The van der Waals surface area contributed by atoms with Crippen LogP contribution in [0.4, 0.5) is 17.5 Å². The van der Waals surface area contributed by atoms with E-state index in [1.807, 2.05) is 63.2 Å². The van der Waals surface area contributed by atoms with E-state index in [1.165, 1.54) is 0 Å². The van der Waals surface area contributed by atoms with Gasteiger partial charge in [0.2, 0.25) is 5.95 Å². The molecular formula is C18H26N6O. The average Bonchev–Trinajstić information content (AvgIpc) is 2.58. The predicted octanol–water partition coefficient (Wildman–Crippen LogP) is 2.12. The van der Waals surface area contributed by atoms with Crippen molar-refractivity contribution in [2.24, 2.45) is 0 Å². The normalized spacial score (nSPS) is 10.2. The first-order chi connectivity index (χ1) is 12.0. The van der Waals surface area contributed by atoms with Crippen LogP contribution in [-0.2, 0) is 0 Å². The number of aromatic nitrogens is 2. The van der Waals surface area contributed by atoms with E-state index in [0.717, 1.165) is 23.7 Å². The molecule has 0 unspecified atom stereocenters. The van der Waals surface area contributed by atoms with E-state index in [0.29, 0.717) is 24.6 Å². The number of benzene rings is 1. The maximum absolute atomic E-state index is 12.1. The SMILES string of the molecule is CCNc1nc(C)cc(NCCNC(=O)c2ccc(N(C)C)cc2)n1. The van der Waals surface area contributed by atoms with Gasteiger partial charge in [-0.2, -0.15) is 4.98 Å². The van der Waals surface area contributed by atoms with Gasteiger partial charge in [0.1, 0.15) is 5.82 Å². The molecule has 1 amide bonds. The molecule has 0 spiro atoms. The number of rotatable bonds is 8. The lowest BCUT2D eigenvalue weighted by atomic mass is 10.2. The minimum Gasteiger partial charge on any atom is -0.378 e. The first-order valence-electron chi connectivity index (χ1n) is 8.38. The highest BCUT2D eigenvalue weighted by atomic mass is 16.1. The van der Waals surface area contributed by atoms with E-state index in [-0.39, 0.29) is 5.91 Å². The van der Waals surface area contributed by atoms with E-state index in [2.05, 4.69) is 25.9 Å². The number of hydrogen-bond donors (Lipinski definition) is 3. The molecule has 1 aromatic carbocycles. The zero-order chi connectivity index (χ0) is 18.2. The average molecular weight is 342 g/mol. The summed E-state index contributed by atoms with van der Waals surface area (Å²) in [7, 11) is 3.94. The van der Waals surface area contributed by atoms with Crippen molar-refractivity contribution in [2.45, 2.75) is 13.8 Å². The lowest BCUT2D eigenvalue weighted by molar-refractivity contribution is 0.0955. The van der Waals surface area contributed by atoms with Gasteiger partial charge < -0.3 is 20.9 Å². The fourth-order valence-corrected chi connectivity index (χ4v) is 2.28. The summed E-state index contributed by atoms with van der Waals surface area (Å²) in [6.07, 6.45) is 0. The van der Waals surface area contributed by atoms with Crippen molar-refractivity contribution in [1.82, 2.24) is 15.3 Å². The molecule has 0 fully saturated rings. The van der Waals surface area contributed by atoms with Crippen LogP contribution in [0.3, 0.4) is 0 Å². The van der Waals surface area contributed by atoms with Crippen LogP contribution in [0.15, 0.2) is 30.3 Å². The molecule has 1 aromatic heterocycles. The van der Waals surface area contributed by atoms with Gasteiger partial charge in [-0.25, -0.2) is 4.98 Å². The van der Waals surface area contributed by atoms with Gasteiger partial charge in [0, 0.05) is 56.7 Å². The minimum absolute atomic E-state index is 0.0840. The van der Waals surface area contributed by atoms with E-state index < -0.39 is 0 Å². The number of carbonyl (C=O) groups is 1. The second kappa shape index (κ2) is 8.86. The van der Waals surface area contributed by atoms with E-state index in [9.17, 15) is 4.79 Å². The third-order valence-electron chi connectivity index (χ3n) is 3.55. The van der Waals surface area contributed by atoms with Crippen molar-refractivity contribution in [3.8, 4) is 0 Å². The highest BCUT2D eigenvalue weighted by molar-refractivity contribution is 5.94. The molecule has 0 aliphatic rings. The summed E-state index contributed by atoms with van der Waals surface area (Å²) in [6, 6.07) is 9.39. The molecule has 0 radical (unpaired) electrons. The van der Waals surface area contributed by atoms with Crippen molar-refractivity contribution in [3.63, 3.8) is 0 Å². The number of carbonyl (C=O) groups excluding carboxylic acids is 1. The Hall–Kier alpha value is -2.83. The van der Waals surface area contributed by atoms with Gasteiger partial charge in [-0.3, -0.25) is 4.79 Å². The van der Waals surface area contributed by atoms with Crippen LogP contribution < -0.4 is 20.9 Å². The molecule has 2 rings (SSSR count). The molecule has 0 saturated carbocycles. The molecule has 7 heteroatoms. The molecule has 0 aliphatic carbocycles. The summed E-state index contributed by atoms with van der Waals surface area (Å²) in [5, 5.41) is 9.20. The molecule has 25 heavy (non-hydrogen) atoms. The number of amides is 1. The van der Waals surface area contributed by atoms with E-state index in [4.69, 9.17) is 0 Å². The van der Waals surface area contributed by atoms with Crippen molar-refractivity contribution >= 4 is 23.4 Å². The number of hydrogen-bond acceptors (Lipinski definition) is 6. The Morgan fingerprint density at radius 2 is 1.80 bits per heavy atom. The van der Waals surface area contributed by atoms with Crippen LogP contribution in [0.25, 0.3) is 0 Å². The topological polar surface area (TPSA) is 82.2 Å². The molecule has 2 aromatic rings. The van der Waals surface area contributed by atoms with E-state index in [1.54, 1.807) is 0 Å². The molecule has 0 aliphatic heterocycles. The molecule has 1 heterocycles. The molecular weight excluding hydrogens is 316 g/mol. The summed E-state index contributed by atoms with van der Waals surface area (Å²) in [4.78, 5) is 22.8. The maximum atomic E-state index is 12.1. The highest BCUT2D eigenvalue weighted by Gasteiger charge is 2.06. The van der Waals surface area contributed by atoms with Gasteiger partial charge in [0.25, 0.3) is 5.91 Å². The quantitative estimate of drug-likeness (QED) is 0.638. The lowest BCUT2D eigenvalue weighted by Gasteiger charge is -2.13. The van der Waals surface area contributed by atoms with Gasteiger partial charge in [-0.05, 0) is 38.1 Å². The molecule has 0 atom stereocenters. The third-order valence-corrected chi connectivity index (χ3v) is 3.55. The molecule has 0 saturated heterocycles. The number of anilines is 3. The van der Waals surface area contributed by atoms with Gasteiger partial charge in [0.05, 0.1) is 0 Å². The van der Waals surface area contributed by atoms with Gasteiger partial charge in [-0.15, -0.1) is 0 Å². The Kier molecular flexibility index (Phi) is 6.56. The first-order valence-corrected chi connectivity index (χ1v) is 8.38. The van der Waals surface area contributed by atoms with Crippen LogP contribution in [0, 0.1) is 6.92 Å². The first kappa shape index (κ1) is 18.5. The van der Waals surface area contributed by atoms with Gasteiger partial charge in [0.15, 0.2) is 0 Å². The third kappa shape index (κ3) is 5.63. The standard InChI is InChI=1S/C18H26N6O/c1-5-19-18-22-13(2)12-16(23-18)20-10-11-21-17(25)14-6-8-15(9-7-14)24(3)4/h6-9,12H,5,10-11H2,1-4H3,(H,21,25)(H2,19,20,22,23). The van der Waals surface area contributed by atoms with Crippen LogP contribution >= 0.6 is 0 Å². The van der Waals surface area contributed by atoms with Gasteiger partial charge >= 0.3 is 0 Å². The van der Waals surface area contributed by atoms with Crippen molar-refractivity contribution in [2.75, 3.05) is 49.3 Å². The van der Waals surface area contributed by atoms with Crippen LogP contribution in [-0.4, -0.2) is 49.6 Å². The smallest absolute Gasteiger partial charge is 0.251 e. The van der Waals surface area contributed by atoms with Gasteiger partial charge in [-0.1, -0.05) is 0 Å². The fraction of sp³-hybridized carbons (Fsp3) is 0.389. The second-order valence-corrected chi connectivity index (χ2v) is 5.87. The largest absolute Gasteiger partial charge is 0.378 e. The minimum atomic E-state index is -0.0840. The Labute approximate surface area is 148 Å². The van der Waals surface area contributed by atoms with E-state index >= 15 is 0 Å². The Morgan fingerprint density at radius 3 is 2.44 bits per heavy atom. The molecule has 7 nitrogen and oxygen atoms in total. The lowest BCUT2D eigenvalue weighted by Crippen LogP contribution is -2.29. The molecule has 3 N–H and O–H groups in total. The van der Waals surface area contributed by atoms with Crippen LogP contribution in [0.2, 0.25) is 0 Å². The maximum Gasteiger partial charge on any atom is 0.251 e. The van der Waals surface area contributed by atoms with Crippen LogP contribution in [0.5, 0.6) is 0 Å². The number of nitrogens with one attached hydrogen (secondary N) is 3. The summed E-state index contributed by atoms with van der Waals surface area (Å²) in [5.41, 5.74) is 2.60. The fourth-order valence-electron chi connectivity index (χ4n) is 2.28. The Balaban J connectivity index is 1.81. The van der Waals surface area contributed by atoms with Crippen molar-refractivity contribution in [3.05, 3.63) is 41.6 Å².